The lowest BCUT2D eigenvalue weighted by molar-refractivity contribution is 0.173. The van der Waals surface area contributed by atoms with Crippen LogP contribution in [0.15, 0.2) is 0 Å². The lowest BCUT2D eigenvalue weighted by Crippen LogP contribution is -2.22. The van der Waals surface area contributed by atoms with Gasteiger partial charge in [-0.1, -0.05) is 217 Å². The molecule has 5 fully saturated rings. The Hall–Kier alpha value is 0. The fourth-order valence-electron chi connectivity index (χ4n) is 8.83. The molecule has 0 heterocycles. The molecule has 0 amide bonds. The molecule has 0 spiro atoms. The molecule has 5 saturated carbocycles. The normalized spacial score (nSPS) is 32.5. The van der Waals surface area contributed by atoms with Crippen LogP contribution in [0.25, 0.3) is 0 Å². The van der Waals surface area contributed by atoms with Gasteiger partial charge in [0.15, 0.2) is 0 Å². The van der Waals surface area contributed by atoms with Crippen molar-refractivity contribution in [1.82, 2.24) is 0 Å². The predicted molar refractivity (Wildman–Crippen MR) is 205 cm³/mol. The van der Waals surface area contributed by atoms with E-state index >= 15 is 0 Å². The van der Waals surface area contributed by atoms with Crippen molar-refractivity contribution in [3.63, 3.8) is 0 Å². The van der Waals surface area contributed by atoms with Crippen LogP contribution in [-0.2, 0) is 0 Å². The van der Waals surface area contributed by atoms with Gasteiger partial charge in [0, 0.05) is 0 Å². The average Bonchev–Trinajstić information content (AvgIpc) is 3.81. The van der Waals surface area contributed by atoms with E-state index in [1.165, 1.54) is 128 Å². The first kappa shape index (κ1) is 44.0. The summed E-state index contributed by atoms with van der Waals surface area (Å²) >= 11 is 0. The summed E-state index contributed by atoms with van der Waals surface area (Å²) in [5, 5.41) is 0. The minimum Gasteiger partial charge on any atom is -0.0776 e. The van der Waals surface area contributed by atoms with Gasteiger partial charge in [0.1, 0.15) is 0 Å². The third-order valence-corrected chi connectivity index (χ3v) is 11.9. The first-order valence-corrected chi connectivity index (χ1v) is 21.0. The molecule has 266 valence electrons. The lowest BCUT2D eigenvalue weighted by atomic mass is 9.72. The van der Waals surface area contributed by atoms with Crippen molar-refractivity contribution in [2.24, 2.45) is 47.3 Å². The molecule has 0 aromatic heterocycles. The maximum absolute atomic E-state index is 2.47. The van der Waals surface area contributed by atoms with Gasteiger partial charge in [-0.2, -0.15) is 0 Å². The Morgan fingerprint density at radius 1 is 0.250 bits per heavy atom. The van der Waals surface area contributed by atoms with E-state index in [0.29, 0.717) is 0 Å². The van der Waals surface area contributed by atoms with Crippen LogP contribution in [0.5, 0.6) is 0 Å². The fraction of sp³-hybridized carbons (Fsp3) is 1.00. The highest BCUT2D eigenvalue weighted by Crippen LogP contribution is 2.46. The zero-order valence-corrected chi connectivity index (χ0v) is 31.7. The fourth-order valence-corrected chi connectivity index (χ4v) is 8.83. The van der Waals surface area contributed by atoms with E-state index in [1.807, 2.05) is 27.7 Å². The minimum atomic E-state index is 0. The van der Waals surface area contributed by atoms with Crippen LogP contribution in [0.4, 0.5) is 0 Å². The molecular weight excluding hydrogens is 528 g/mol. The van der Waals surface area contributed by atoms with Gasteiger partial charge in [-0.15, -0.1) is 0 Å². The molecule has 5 aliphatic carbocycles. The molecule has 0 aliphatic heterocycles. The van der Waals surface area contributed by atoms with Crippen molar-refractivity contribution in [2.45, 2.75) is 236 Å². The SMILES string of the molecule is C.CC.CC.CC1CCCC(C)CCC1.CC1CCCC(C2CCCCCC(C3CC3)C2)CCC1.CC1CCCCCCC1. The smallest absolute Gasteiger partial charge is 0.0383 e. The second kappa shape index (κ2) is 29.2. The topological polar surface area (TPSA) is 0 Å². The second-order valence-corrected chi connectivity index (χ2v) is 16.0. The molecule has 0 N–H and O–H groups in total. The maximum Gasteiger partial charge on any atom is -0.0383 e. The van der Waals surface area contributed by atoms with Crippen molar-refractivity contribution in [3.8, 4) is 0 Å². The highest BCUT2D eigenvalue weighted by atomic mass is 14.4. The molecule has 0 radical (unpaired) electrons. The van der Waals surface area contributed by atoms with Crippen LogP contribution in [0.2, 0.25) is 0 Å². The van der Waals surface area contributed by atoms with Crippen molar-refractivity contribution >= 4 is 0 Å². The van der Waals surface area contributed by atoms with Crippen molar-refractivity contribution in [1.29, 1.82) is 0 Å². The van der Waals surface area contributed by atoms with E-state index in [1.54, 1.807) is 44.9 Å². The third kappa shape index (κ3) is 21.7. The summed E-state index contributed by atoms with van der Waals surface area (Å²) in [6.07, 6.45) is 41.0. The molecule has 44 heavy (non-hydrogen) atoms. The largest absolute Gasteiger partial charge is 0.0776 e. The molecule has 0 nitrogen and oxygen atoms in total. The van der Waals surface area contributed by atoms with E-state index in [2.05, 4.69) is 27.7 Å². The van der Waals surface area contributed by atoms with Gasteiger partial charge in [0.05, 0.1) is 0 Å². The summed E-state index contributed by atoms with van der Waals surface area (Å²) in [5.41, 5.74) is 0. The molecular formula is C44H90. The lowest BCUT2D eigenvalue weighted by Gasteiger charge is -2.34. The molecule has 2 atom stereocenters. The van der Waals surface area contributed by atoms with Crippen molar-refractivity contribution in [2.75, 3.05) is 0 Å². The molecule has 2 unspecified atom stereocenters. The summed E-state index contributed by atoms with van der Waals surface area (Å²) in [6.45, 7) is 17.7. The summed E-state index contributed by atoms with van der Waals surface area (Å²) in [7, 11) is 0. The number of hydrogen-bond acceptors (Lipinski definition) is 0. The van der Waals surface area contributed by atoms with E-state index in [0.717, 1.165) is 47.3 Å². The van der Waals surface area contributed by atoms with Crippen LogP contribution >= 0.6 is 0 Å². The second-order valence-electron chi connectivity index (χ2n) is 16.0. The average molecular weight is 619 g/mol. The Labute approximate surface area is 282 Å². The van der Waals surface area contributed by atoms with Crippen LogP contribution in [0, 0.1) is 47.3 Å². The zero-order chi connectivity index (χ0) is 31.7. The van der Waals surface area contributed by atoms with Crippen molar-refractivity contribution in [3.05, 3.63) is 0 Å². The van der Waals surface area contributed by atoms with Gasteiger partial charge in [-0.05, 0) is 66.6 Å². The first-order chi connectivity index (χ1) is 21.0. The number of rotatable bonds is 2. The molecule has 0 bridgehead atoms. The van der Waals surface area contributed by atoms with Crippen molar-refractivity contribution < 1.29 is 0 Å². The molecule has 0 heteroatoms. The Bertz CT molecular complexity index is 537. The third-order valence-electron chi connectivity index (χ3n) is 11.9. The highest BCUT2D eigenvalue weighted by Gasteiger charge is 2.35. The standard InChI is InChI=1S/C20H36.C10H20.C9H18.2C2H6.CH4/c1-16-7-5-11-17(12-6-8-16)19-9-3-2-4-10-20(15-19)18-13-14-18;1-9-5-3-7-10(2)8-4-6-9;1-9-7-5-3-2-4-6-8-9;2*1-2;/h16-20H,2-15H2,1H3;9-10H,3-8H2,1-2H3;9H,2-8H2,1H3;2*1-2H3;1H4. The predicted octanol–water partition coefficient (Wildman–Crippen LogP) is 16.3. The summed E-state index contributed by atoms with van der Waals surface area (Å²) in [4.78, 5) is 0. The zero-order valence-electron chi connectivity index (χ0n) is 31.7. The molecule has 0 saturated heterocycles. The molecule has 5 aliphatic rings. The Kier molecular flexibility index (Phi) is 29.2. The number of hydrogen-bond donors (Lipinski definition) is 0. The van der Waals surface area contributed by atoms with Gasteiger partial charge in [0.2, 0.25) is 0 Å². The van der Waals surface area contributed by atoms with E-state index < -0.39 is 0 Å². The van der Waals surface area contributed by atoms with Gasteiger partial charge in [-0.3, -0.25) is 0 Å². The van der Waals surface area contributed by atoms with Crippen LogP contribution in [-0.4, -0.2) is 0 Å². The summed E-state index contributed by atoms with van der Waals surface area (Å²) in [5.74, 6) is 8.53. The molecule has 0 aromatic carbocycles. The van der Waals surface area contributed by atoms with Crippen LogP contribution < -0.4 is 0 Å². The summed E-state index contributed by atoms with van der Waals surface area (Å²) < 4.78 is 0. The minimum absolute atomic E-state index is 0. The Morgan fingerprint density at radius 3 is 0.841 bits per heavy atom. The Morgan fingerprint density at radius 2 is 0.477 bits per heavy atom. The summed E-state index contributed by atoms with van der Waals surface area (Å²) in [6, 6.07) is 0. The first-order valence-electron chi connectivity index (χ1n) is 21.0. The van der Waals surface area contributed by atoms with E-state index in [4.69, 9.17) is 0 Å². The molecule has 0 aromatic rings. The van der Waals surface area contributed by atoms with E-state index in [9.17, 15) is 0 Å². The monoisotopic (exact) mass is 619 g/mol. The van der Waals surface area contributed by atoms with E-state index in [-0.39, 0.29) is 7.43 Å². The van der Waals surface area contributed by atoms with Gasteiger partial charge < -0.3 is 0 Å². The van der Waals surface area contributed by atoms with Gasteiger partial charge in [0.25, 0.3) is 0 Å². The van der Waals surface area contributed by atoms with Gasteiger partial charge >= 0.3 is 0 Å². The molecule has 5 rings (SSSR count). The maximum atomic E-state index is 2.47. The van der Waals surface area contributed by atoms with Gasteiger partial charge in [-0.25, -0.2) is 0 Å². The highest BCUT2D eigenvalue weighted by molar-refractivity contribution is 4.86. The van der Waals surface area contributed by atoms with Crippen LogP contribution in [0.3, 0.4) is 0 Å². The van der Waals surface area contributed by atoms with Crippen LogP contribution in [0.1, 0.15) is 236 Å². The quantitative estimate of drug-likeness (QED) is 0.289. The Balaban J connectivity index is 0.000000652.